The van der Waals surface area contributed by atoms with E-state index in [4.69, 9.17) is 16.6 Å². The highest BCUT2D eigenvalue weighted by Gasteiger charge is 2.43. The number of hydrogen-bond acceptors (Lipinski definition) is 14. The van der Waals surface area contributed by atoms with E-state index >= 15 is 0 Å². The molecule has 0 unspecified atom stereocenters. The van der Waals surface area contributed by atoms with Crippen molar-refractivity contribution < 1.29 is 9.59 Å². The number of halogens is 1. The Kier molecular flexibility index (Phi) is 11.5. The minimum Gasteiger partial charge on any atom is -0.342 e. The average molecular weight is 817 g/mol. The Morgan fingerprint density at radius 1 is 0.661 bits per heavy atom. The van der Waals surface area contributed by atoms with Crippen molar-refractivity contribution >= 4 is 46.4 Å². The SMILES string of the molecule is CC[C@@H]1C(=O)N(C)c2cnc(-n3ccnc3-c3ncccn3)nc2N1C1CCC1.CC[C@@H]1C(=O)N(C)c2cnc(Cl)nc2N1C1CCC1.c1cnc(-c2ncc[nH]2)nc1. The van der Waals surface area contributed by atoms with Crippen LogP contribution in [0.25, 0.3) is 29.2 Å². The van der Waals surface area contributed by atoms with Crippen LogP contribution >= 0.6 is 11.6 Å². The van der Waals surface area contributed by atoms with Gasteiger partial charge in [0.25, 0.3) is 0 Å². The molecule has 0 bridgehead atoms. The number of hydrogen-bond donors (Lipinski definition) is 1. The molecule has 304 valence electrons. The van der Waals surface area contributed by atoms with Gasteiger partial charge in [-0.15, -0.1) is 0 Å². The van der Waals surface area contributed by atoms with Gasteiger partial charge < -0.3 is 24.6 Å². The van der Waals surface area contributed by atoms with Crippen molar-refractivity contribution in [3.63, 3.8) is 0 Å². The largest absolute Gasteiger partial charge is 0.342 e. The Balaban J connectivity index is 0.000000137. The normalized spacial score (nSPS) is 18.8. The molecule has 2 aliphatic heterocycles. The summed E-state index contributed by atoms with van der Waals surface area (Å²) in [6.45, 7) is 4.09. The fourth-order valence-corrected chi connectivity index (χ4v) is 7.80. The van der Waals surface area contributed by atoms with Gasteiger partial charge in [-0.25, -0.2) is 39.9 Å². The van der Waals surface area contributed by atoms with Crippen molar-refractivity contribution in [1.29, 1.82) is 0 Å². The number of aromatic amines is 1. The van der Waals surface area contributed by atoms with E-state index < -0.39 is 0 Å². The standard InChI is InChI=1S/C20H22N8O.C13H17ClN4O.C7H6N4/c1-3-14-19(29)26(2)15-12-24-20(25-17(15)28(14)13-6-4-7-13)27-11-10-23-18(27)16-21-8-5-9-22-16;1-3-9-12(19)17(2)10-7-15-13(14)16-11(10)18(9)8-5-4-6-8;1-2-8-6(9-3-1)7-10-4-5-11-7/h5,8-14H,3-4,6-7H2,1-2H3;7-9H,3-6H2,1-2H3;1-5H,(H,10,11)/t14-;9-;/m11./s1. The number of aromatic nitrogens is 12. The Morgan fingerprint density at radius 2 is 1.20 bits per heavy atom. The minimum absolute atomic E-state index is 0.101. The summed E-state index contributed by atoms with van der Waals surface area (Å²) in [7, 11) is 3.57. The van der Waals surface area contributed by atoms with Crippen LogP contribution in [0.1, 0.15) is 65.2 Å². The van der Waals surface area contributed by atoms with Crippen LogP contribution in [0.15, 0.2) is 74.1 Å². The molecule has 0 aromatic carbocycles. The van der Waals surface area contributed by atoms with E-state index in [0.717, 1.165) is 61.5 Å². The van der Waals surface area contributed by atoms with Crippen LogP contribution < -0.4 is 19.6 Å². The van der Waals surface area contributed by atoms with Gasteiger partial charge in [0.15, 0.2) is 34.9 Å². The minimum atomic E-state index is -0.194. The molecule has 6 aromatic heterocycles. The van der Waals surface area contributed by atoms with Crippen LogP contribution in [0.4, 0.5) is 23.0 Å². The first-order valence-corrected chi connectivity index (χ1v) is 20.3. The summed E-state index contributed by atoms with van der Waals surface area (Å²) in [6.07, 6.45) is 25.3. The lowest BCUT2D eigenvalue weighted by Gasteiger charge is -2.47. The van der Waals surface area contributed by atoms with Gasteiger partial charge in [0, 0.05) is 75.8 Å². The van der Waals surface area contributed by atoms with Crippen molar-refractivity contribution in [1.82, 2.24) is 59.4 Å². The number of nitrogens with zero attached hydrogens (tertiary/aromatic N) is 15. The van der Waals surface area contributed by atoms with Crippen molar-refractivity contribution in [2.45, 2.75) is 89.4 Å². The molecular formula is C40H45ClN16O2. The molecule has 0 saturated heterocycles. The zero-order valence-corrected chi connectivity index (χ0v) is 34.1. The molecule has 59 heavy (non-hydrogen) atoms. The highest BCUT2D eigenvalue weighted by Crippen LogP contribution is 2.42. The molecule has 2 amide bonds. The zero-order valence-electron chi connectivity index (χ0n) is 33.3. The summed E-state index contributed by atoms with van der Waals surface area (Å²) in [6, 6.07) is 3.97. The van der Waals surface area contributed by atoms with Gasteiger partial charge in [-0.05, 0) is 75.1 Å². The van der Waals surface area contributed by atoms with E-state index in [0.29, 0.717) is 41.3 Å². The van der Waals surface area contributed by atoms with Crippen molar-refractivity contribution in [3.8, 4) is 29.2 Å². The van der Waals surface area contributed by atoms with E-state index in [1.165, 1.54) is 12.8 Å². The van der Waals surface area contributed by atoms with Gasteiger partial charge in [-0.3, -0.25) is 14.2 Å². The van der Waals surface area contributed by atoms with Crippen LogP contribution in [0.5, 0.6) is 0 Å². The quantitative estimate of drug-likeness (QED) is 0.203. The lowest BCUT2D eigenvalue weighted by atomic mass is 9.88. The highest BCUT2D eigenvalue weighted by atomic mass is 35.5. The van der Waals surface area contributed by atoms with E-state index in [1.54, 1.807) is 103 Å². The monoisotopic (exact) mass is 816 g/mol. The molecule has 0 spiro atoms. The number of fused-ring (bicyclic) bond motifs is 2. The Bertz CT molecular complexity index is 2370. The van der Waals surface area contributed by atoms with E-state index in [2.05, 4.69) is 66.6 Å². The predicted octanol–water partition coefficient (Wildman–Crippen LogP) is 5.34. The van der Waals surface area contributed by atoms with Crippen molar-refractivity contribution in [2.24, 2.45) is 0 Å². The van der Waals surface area contributed by atoms with Gasteiger partial charge in [-0.1, -0.05) is 13.8 Å². The highest BCUT2D eigenvalue weighted by molar-refractivity contribution is 6.28. The van der Waals surface area contributed by atoms with Gasteiger partial charge in [0.2, 0.25) is 23.0 Å². The number of carbonyl (C=O) groups is 2. The Hall–Kier alpha value is -6.43. The molecule has 1 N–H and O–H groups in total. The third kappa shape index (κ3) is 7.67. The average Bonchev–Trinajstić information content (AvgIpc) is 3.96. The second-order valence-corrected chi connectivity index (χ2v) is 14.9. The fraction of sp³-hybridized carbons (Fsp3) is 0.400. The van der Waals surface area contributed by atoms with E-state index in [-0.39, 0.29) is 29.2 Å². The molecule has 2 saturated carbocycles. The van der Waals surface area contributed by atoms with Crippen molar-refractivity contribution in [2.75, 3.05) is 33.7 Å². The molecule has 8 heterocycles. The summed E-state index contributed by atoms with van der Waals surface area (Å²) in [5, 5.41) is 0.237. The molecule has 0 radical (unpaired) electrons. The molecular weight excluding hydrogens is 772 g/mol. The molecule has 6 aromatic rings. The van der Waals surface area contributed by atoms with Gasteiger partial charge >= 0.3 is 0 Å². The number of carbonyl (C=O) groups excluding carboxylic acids is 2. The van der Waals surface area contributed by atoms with Gasteiger partial charge in [0.1, 0.15) is 23.5 Å². The van der Waals surface area contributed by atoms with Crippen LogP contribution in [-0.4, -0.2) is 109 Å². The maximum absolute atomic E-state index is 12.9. The Labute approximate surface area is 346 Å². The van der Waals surface area contributed by atoms with Crippen LogP contribution in [0, 0.1) is 0 Å². The van der Waals surface area contributed by atoms with Crippen LogP contribution in [0.2, 0.25) is 5.28 Å². The Morgan fingerprint density at radius 3 is 1.71 bits per heavy atom. The smallest absolute Gasteiger partial charge is 0.249 e. The van der Waals surface area contributed by atoms with Gasteiger partial charge in [-0.2, -0.15) is 9.97 Å². The van der Waals surface area contributed by atoms with Crippen LogP contribution in [-0.2, 0) is 9.59 Å². The number of nitrogens with one attached hydrogen (secondary N) is 1. The molecule has 4 aliphatic rings. The third-order valence-corrected chi connectivity index (χ3v) is 11.4. The van der Waals surface area contributed by atoms with Crippen LogP contribution in [0.3, 0.4) is 0 Å². The number of amides is 2. The molecule has 2 aliphatic carbocycles. The summed E-state index contributed by atoms with van der Waals surface area (Å²) >= 11 is 5.93. The number of H-pyrrole nitrogens is 1. The fourth-order valence-electron chi connectivity index (χ4n) is 7.67. The summed E-state index contributed by atoms with van der Waals surface area (Å²) in [5.41, 5.74) is 1.50. The number of likely N-dealkylation sites (N-methyl/N-ethyl adjacent to an activating group) is 2. The maximum Gasteiger partial charge on any atom is 0.249 e. The first-order chi connectivity index (χ1) is 28.8. The number of anilines is 4. The number of imidazole rings is 2. The predicted molar refractivity (Wildman–Crippen MR) is 222 cm³/mol. The summed E-state index contributed by atoms with van der Waals surface area (Å²) in [5.74, 6) is 4.73. The summed E-state index contributed by atoms with van der Waals surface area (Å²) in [4.78, 5) is 78.8. The lowest BCUT2D eigenvalue weighted by Crippen LogP contribution is -2.57. The summed E-state index contributed by atoms with van der Waals surface area (Å²) < 4.78 is 1.78. The zero-order chi connectivity index (χ0) is 41.0. The third-order valence-electron chi connectivity index (χ3n) is 11.2. The molecule has 2 fully saturated rings. The topological polar surface area (TPSA) is 197 Å². The molecule has 10 rings (SSSR count). The van der Waals surface area contributed by atoms with Gasteiger partial charge in [0.05, 0.1) is 12.4 Å². The molecule has 19 heteroatoms. The van der Waals surface area contributed by atoms with Crippen molar-refractivity contribution in [3.05, 3.63) is 79.4 Å². The maximum atomic E-state index is 12.9. The van der Waals surface area contributed by atoms with E-state index in [9.17, 15) is 9.59 Å². The second kappa shape index (κ2) is 17.2. The lowest BCUT2D eigenvalue weighted by molar-refractivity contribution is -0.121. The first-order valence-electron chi connectivity index (χ1n) is 19.9. The molecule has 2 atom stereocenters. The molecule has 18 nitrogen and oxygen atoms in total. The van der Waals surface area contributed by atoms with E-state index in [1.807, 2.05) is 6.92 Å². The first kappa shape index (κ1) is 39.4. The second-order valence-electron chi connectivity index (χ2n) is 14.6. The number of rotatable bonds is 7.